The summed E-state index contributed by atoms with van der Waals surface area (Å²) in [6.07, 6.45) is 2.65. The third kappa shape index (κ3) is 3.64. The largest absolute Gasteiger partial charge is 0.492 e. The molecule has 22 heavy (non-hydrogen) atoms. The van der Waals surface area contributed by atoms with Crippen molar-refractivity contribution in [2.45, 2.75) is 32.7 Å². The first-order chi connectivity index (χ1) is 10.6. The second-order valence-electron chi connectivity index (χ2n) is 6.52. The van der Waals surface area contributed by atoms with Crippen LogP contribution in [-0.4, -0.2) is 30.6 Å². The van der Waals surface area contributed by atoms with Crippen LogP contribution in [0, 0.1) is 5.92 Å². The van der Waals surface area contributed by atoms with Gasteiger partial charge in [-0.2, -0.15) is 0 Å². The van der Waals surface area contributed by atoms with Crippen LogP contribution in [0.4, 0.5) is 0 Å². The Balaban J connectivity index is 1.70. The van der Waals surface area contributed by atoms with Crippen LogP contribution in [0.15, 0.2) is 40.9 Å². The summed E-state index contributed by atoms with van der Waals surface area (Å²) < 4.78 is 7.24. The molecular weight excluding hydrogens is 338 g/mol. The van der Waals surface area contributed by atoms with Crippen LogP contribution in [0.3, 0.4) is 0 Å². The smallest absolute Gasteiger partial charge is 0.120 e. The van der Waals surface area contributed by atoms with E-state index >= 15 is 0 Å². The van der Waals surface area contributed by atoms with Gasteiger partial charge in [0, 0.05) is 10.5 Å². The molecule has 1 aliphatic rings. The van der Waals surface area contributed by atoms with Crippen LogP contribution >= 0.6 is 15.9 Å². The Morgan fingerprint density at radius 1 is 1.05 bits per heavy atom. The van der Waals surface area contributed by atoms with Gasteiger partial charge in [-0.1, -0.05) is 41.9 Å². The van der Waals surface area contributed by atoms with E-state index in [0.29, 0.717) is 12.0 Å². The number of benzene rings is 2. The van der Waals surface area contributed by atoms with Gasteiger partial charge in [-0.3, -0.25) is 4.90 Å². The lowest BCUT2D eigenvalue weighted by Crippen LogP contribution is -2.41. The third-order valence-corrected chi connectivity index (χ3v) is 5.07. The van der Waals surface area contributed by atoms with E-state index in [2.05, 4.69) is 71.1 Å². The molecule has 0 N–H and O–H groups in total. The van der Waals surface area contributed by atoms with E-state index in [-0.39, 0.29) is 0 Å². The molecule has 1 aliphatic heterocycles. The van der Waals surface area contributed by atoms with E-state index in [1.807, 2.05) is 0 Å². The minimum Gasteiger partial charge on any atom is -0.492 e. The molecule has 0 aliphatic carbocycles. The van der Waals surface area contributed by atoms with E-state index in [1.165, 1.54) is 36.7 Å². The summed E-state index contributed by atoms with van der Waals surface area (Å²) in [5, 5.41) is 2.46. The first kappa shape index (κ1) is 15.8. The zero-order valence-corrected chi connectivity index (χ0v) is 15.0. The normalized spacial score (nSPS) is 17.3. The average molecular weight is 362 g/mol. The van der Waals surface area contributed by atoms with E-state index < -0.39 is 0 Å². The van der Waals surface area contributed by atoms with Crippen molar-refractivity contribution in [3.8, 4) is 5.75 Å². The molecule has 118 valence electrons. The van der Waals surface area contributed by atoms with Crippen LogP contribution in [0.5, 0.6) is 5.75 Å². The molecule has 1 fully saturated rings. The molecule has 1 unspecified atom stereocenters. The van der Waals surface area contributed by atoms with Crippen LogP contribution in [-0.2, 0) is 0 Å². The monoisotopic (exact) mass is 361 g/mol. The topological polar surface area (TPSA) is 12.5 Å². The van der Waals surface area contributed by atoms with Crippen molar-refractivity contribution < 1.29 is 4.74 Å². The summed E-state index contributed by atoms with van der Waals surface area (Å²) in [5.74, 6) is 1.59. The molecule has 3 rings (SSSR count). The number of likely N-dealkylation sites (tertiary alicyclic amines) is 1. The van der Waals surface area contributed by atoms with Gasteiger partial charge in [-0.15, -0.1) is 0 Å². The Labute approximate surface area is 141 Å². The number of hydrogen-bond donors (Lipinski definition) is 0. The van der Waals surface area contributed by atoms with Gasteiger partial charge in [0.2, 0.25) is 0 Å². The van der Waals surface area contributed by atoms with Crippen molar-refractivity contribution in [1.82, 2.24) is 4.90 Å². The Kier molecular flexibility index (Phi) is 5.04. The second-order valence-corrected chi connectivity index (χ2v) is 7.43. The molecule has 2 nitrogen and oxygen atoms in total. The van der Waals surface area contributed by atoms with E-state index in [9.17, 15) is 0 Å². The Morgan fingerprint density at radius 2 is 1.73 bits per heavy atom. The van der Waals surface area contributed by atoms with Gasteiger partial charge in [-0.05, 0) is 66.9 Å². The number of ether oxygens (including phenoxy) is 1. The summed E-state index contributed by atoms with van der Waals surface area (Å²) >= 11 is 3.52. The van der Waals surface area contributed by atoms with Crippen LogP contribution < -0.4 is 4.74 Å². The Morgan fingerprint density at radius 3 is 2.45 bits per heavy atom. The highest BCUT2D eigenvalue weighted by Crippen LogP contribution is 2.25. The van der Waals surface area contributed by atoms with Crippen molar-refractivity contribution in [3.05, 3.63) is 40.9 Å². The summed E-state index contributed by atoms with van der Waals surface area (Å²) in [6.45, 7) is 7.81. The maximum absolute atomic E-state index is 6.13. The summed E-state index contributed by atoms with van der Waals surface area (Å²) in [5.41, 5.74) is 0. The predicted octanol–water partition coefficient (Wildman–Crippen LogP) is 5.10. The van der Waals surface area contributed by atoms with Gasteiger partial charge in [0.1, 0.15) is 12.4 Å². The highest BCUT2D eigenvalue weighted by molar-refractivity contribution is 9.10. The number of rotatable bonds is 5. The molecule has 2 aromatic rings. The third-order valence-electron chi connectivity index (χ3n) is 4.57. The van der Waals surface area contributed by atoms with Crippen molar-refractivity contribution >= 4 is 26.7 Å². The molecule has 1 heterocycles. The molecule has 2 aromatic carbocycles. The van der Waals surface area contributed by atoms with Crippen molar-refractivity contribution in [1.29, 1.82) is 0 Å². The lowest BCUT2D eigenvalue weighted by atomic mass is 10.0. The van der Waals surface area contributed by atoms with Crippen LogP contribution in [0.1, 0.15) is 26.7 Å². The summed E-state index contributed by atoms with van der Waals surface area (Å²) in [7, 11) is 0. The zero-order valence-electron chi connectivity index (χ0n) is 13.4. The first-order valence-corrected chi connectivity index (χ1v) is 8.99. The minimum atomic E-state index is 0.517. The first-order valence-electron chi connectivity index (χ1n) is 8.19. The quantitative estimate of drug-likeness (QED) is 0.734. The van der Waals surface area contributed by atoms with Gasteiger partial charge in [0.25, 0.3) is 0 Å². The van der Waals surface area contributed by atoms with Crippen molar-refractivity contribution in [3.63, 3.8) is 0 Å². The maximum atomic E-state index is 6.13. The molecule has 0 radical (unpaired) electrons. The second kappa shape index (κ2) is 7.01. The number of halogens is 1. The predicted molar refractivity (Wildman–Crippen MR) is 96.6 cm³/mol. The highest BCUT2D eigenvalue weighted by atomic mass is 79.9. The number of fused-ring (bicyclic) bond motifs is 1. The van der Waals surface area contributed by atoms with Gasteiger partial charge < -0.3 is 4.74 Å². The summed E-state index contributed by atoms with van der Waals surface area (Å²) in [6, 6.07) is 13.2. The maximum Gasteiger partial charge on any atom is 0.120 e. The number of nitrogens with zero attached hydrogens (tertiary/aromatic N) is 1. The lowest BCUT2D eigenvalue weighted by molar-refractivity contribution is 0.124. The number of hydrogen-bond acceptors (Lipinski definition) is 2. The van der Waals surface area contributed by atoms with Crippen molar-refractivity contribution in [2.75, 3.05) is 19.7 Å². The van der Waals surface area contributed by atoms with E-state index in [0.717, 1.165) is 16.8 Å². The minimum absolute atomic E-state index is 0.517. The fourth-order valence-corrected chi connectivity index (χ4v) is 3.64. The van der Waals surface area contributed by atoms with Gasteiger partial charge in [0.05, 0.1) is 0 Å². The SMILES string of the molecule is CC(C)C(COc1ccc2cc(Br)ccc2c1)N1CCCC1. The molecule has 3 heteroatoms. The molecular formula is C19H24BrNO. The Hall–Kier alpha value is -1.06. The summed E-state index contributed by atoms with van der Waals surface area (Å²) in [4.78, 5) is 2.59. The lowest BCUT2D eigenvalue weighted by Gasteiger charge is -2.30. The highest BCUT2D eigenvalue weighted by Gasteiger charge is 2.25. The molecule has 1 atom stereocenters. The standard InChI is InChI=1S/C19H24BrNO/c1-14(2)19(21-9-3-4-10-21)13-22-18-8-6-15-11-17(20)7-5-16(15)12-18/h5-8,11-12,14,19H,3-4,9-10,13H2,1-2H3. The molecule has 0 bridgehead atoms. The molecule has 1 saturated heterocycles. The zero-order chi connectivity index (χ0) is 15.5. The van der Waals surface area contributed by atoms with Crippen LogP contribution in [0.2, 0.25) is 0 Å². The average Bonchev–Trinajstić information content (AvgIpc) is 3.01. The fraction of sp³-hybridized carbons (Fsp3) is 0.474. The molecule has 0 aromatic heterocycles. The fourth-order valence-electron chi connectivity index (χ4n) is 3.26. The van der Waals surface area contributed by atoms with Gasteiger partial charge in [0.15, 0.2) is 0 Å². The van der Waals surface area contributed by atoms with E-state index in [1.54, 1.807) is 0 Å². The van der Waals surface area contributed by atoms with Gasteiger partial charge in [-0.25, -0.2) is 0 Å². The Bertz CT molecular complexity index is 634. The van der Waals surface area contributed by atoms with Gasteiger partial charge >= 0.3 is 0 Å². The molecule has 0 amide bonds. The van der Waals surface area contributed by atoms with E-state index in [4.69, 9.17) is 4.74 Å². The van der Waals surface area contributed by atoms with Crippen LogP contribution in [0.25, 0.3) is 10.8 Å². The molecule has 0 spiro atoms. The van der Waals surface area contributed by atoms with Crippen molar-refractivity contribution in [2.24, 2.45) is 5.92 Å². The molecule has 0 saturated carbocycles.